The van der Waals surface area contributed by atoms with Crippen LogP contribution in [-0.2, 0) is 0 Å². The molecule has 0 amide bonds. The fourth-order valence-electron chi connectivity index (χ4n) is 1.47. The summed E-state index contributed by atoms with van der Waals surface area (Å²) >= 11 is 1.54. The molecule has 0 spiro atoms. The van der Waals surface area contributed by atoms with Crippen molar-refractivity contribution in [3.05, 3.63) is 65.7 Å². The molecule has 2 aromatic rings. The molecular weight excluding hydrogens is 270 g/mol. The molecule has 102 valence electrons. The van der Waals surface area contributed by atoms with Gasteiger partial charge in [0.05, 0.1) is 5.70 Å². The minimum atomic E-state index is -0.0110. The SMILES string of the molecule is NC(N)=NNC(=CSc1cccc[nH+]1)c1ccccc1. The summed E-state index contributed by atoms with van der Waals surface area (Å²) in [6, 6.07) is 15.7. The zero-order valence-electron chi connectivity index (χ0n) is 10.8. The van der Waals surface area contributed by atoms with Crippen molar-refractivity contribution in [2.45, 2.75) is 5.03 Å². The number of nitrogens with two attached hydrogens (primary N) is 2. The van der Waals surface area contributed by atoms with Gasteiger partial charge in [-0.25, -0.2) is 4.98 Å². The number of nitrogens with zero attached hydrogens (tertiary/aromatic N) is 1. The average Bonchev–Trinajstić information content (AvgIpc) is 2.49. The van der Waals surface area contributed by atoms with Crippen LogP contribution in [0.1, 0.15) is 5.56 Å². The monoisotopic (exact) mass is 286 g/mol. The molecule has 0 radical (unpaired) electrons. The van der Waals surface area contributed by atoms with Gasteiger partial charge < -0.3 is 11.5 Å². The van der Waals surface area contributed by atoms with Crippen molar-refractivity contribution in [1.82, 2.24) is 5.43 Å². The number of aromatic amines is 1. The number of hydrogen-bond acceptors (Lipinski definition) is 3. The second kappa shape index (κ2) is 7.20. The highest BCUT2D eigenvalue weighted by atomic mass is 32.2. The summed E-state index contributed by atoms with van der Waals surface area (Å²) in [6.45, 7) is 0. The Hall–Kier alpha value is -2.47. The zero-order valence-corrected chi connectivity index (χ0v) is 11.6. The van der Waals surface area contributed by atoms with Crippen molar-refractivity contribution in [1.29, 1.82) is 0 Å². The summed E-state index contributed by atoms with van der Waals surface area (Å²) in [4.78, 5) is 3.15. The highest BCUT2D eigenvalue weighted by molar-refractivity contribution is 8.02. The van der Waals surface area contributed by atoms with E-state index in [9.17, 15) is 0 Å². The molecule has 0 aliphatic rings. The van der Waals surface area contributed by atoms with Crippen molar-refractivity contribution in [3.8, 4) is 0 Å². The summed E-state index contributed by atoms with van der Waals surface area (Å²) in [5.74, 6) is -0.0110. The van der Waals surface area contributed by atoms with Gasteiger partial charge in [-0.05, 0) is 17.8 Å². The lowest BCUT2D eigenvalue weighted by Crippen LogP contribution is -2.25. The lowest BCUT2D eigenvalue weighted by atomic mass is 10.2. The van der Waals surface area contributed by atoms with Gasteiger partial charge in [0.1, 0.15) is 0 Å². The van der Waals surface area contributed by atoms with Gasteiger partial charge in [-0.3, -0.25) is 5.43 Å². The minimum absolute atomic E-state index is 0.0110. The molecule has 6 N–H and O–H groups in total. The zero-order chi connectivity index (χ0) is 14.2. The summed E-state index contributed by atoms with van der Waals surface area (Å²) in [5.41, 5.74) is 15.4. The van der Waals surface area contributed by atoms with Crippen LogP contribution in [0.25, 0.3) is 5.70 Å². The van der Waals surface area contributed by atoms with E-state index in [0.29, 0.717) is 0 Å². The van der Waals surface area contributed by atoms with Crippen molar-refractivity contribution < 1.29 is 4.98 Å². The van der Waals surface area contributed by atoms with Crippen LogP contribution in [0.3, 0.4) is 0 Å². The van der Waals surface area contributed by atoms with Crippen molar-refractivity contribution in [3.63, 3.8) is 0 Å². The molecule has 5 nitrogen and oxygen atoms in total. The topological polar surface area (TPSA) is 90.6 Å². The van der Waals surface area contributed by atoms with E-state index in [1.54, 1.807) is 11.8 Å². The number of pyridine rings is 1. The summed E-state index contributed by atoms with van der Waals surface area (Å²) in [6.07, 6.45) is 1.88. The molecule has 0 aliphatic carbocycles. The third-order valence-electron chi connectivity index (χ3n) is 2.37. The average molecular weight is 286 g/mol. The van der Waals surface area contributed by atoms with E-state index in [4.69, 9.17) is 11.5 Å². The molecule has 0 bridgehead atoms. The van der Waals surface area contributed by atoms with E-state index < -0.39 is 0 Å². The first-order valence-electron chi connectivity index (χ1n) is 5.99. The summed E-state index contributed by atoms with van der Waals surface area (Å²) in [7, 11) is 0. The van der Waals surface area contributed by atoms with Crippen LogP contribution >= 0.6 is 11.8 Å². The van der Waals surface area contributed by atoms with E-state index in [2.05, 4.69) is 15.5 Å². The molecular formula is C14H16N5S+. The number of aromatic nitrogens is 1. The Bertz CT molecular complexity index is 591. The van der Waals surface area contributed by atoms with Crippen LogP contribution in [-0.4, -0.2) is 5.96 Å². The van der Waals surface area contributed by atoms with E-state index in [1.807, 2.05) is 60.1 Å². The van der Waals surface area contributed by atoms with Crippen LogP contribution < -0.4 is 21.9 Å². The highest BCUT2D eigenvalue weighted by Crippen LogP contribution is 2.20. The second-order valence-electron chi connectivity index (χ2n) is 3.89. The number of guanidine groups is 1. The maximum atomic E-state index is 5.35. The predicted molar refractivity (Wildman–Crippen MR) is 82.2 cm³/mol. The van der Waals surface area contributed by atoms with E-state index in [1.165, 1.54) is 0 Å². The molecule has 0 unspecified atom stereocenters. The van der Waals surface area contributed by atoms with Gasteiger partial charge in [0.15, 0.2) is 6.20 Å². The molecule has 1 heterocycles. The number of thioether (sulfide) groups is 1. The predicted octanol–water partition coefficient (Wildman–Crippen LogP) is 1.37. The molecule has 2 rings (SSSR count). The van der Waals surface area contributed by atoms with Crippen LogP contribution in [0.2, 0.25) is 0 Å². The summed E-state index contributed by atoms with van der Waals surface area (Å²) < 4.78 is 0. The number of nitrogens with one attached hydrogen (secondary N) is 2. The number of hydrogen-bond donors (Lipinski definition) is 3. The van der Waals surface area contributed by atoms with Crippen molar-refractivity contribution >= 4 is 23.4 Å². The molecule has 0 saturated carbocycles. The maximum Gasteiger partial charge on any atom is 0.242 e. The van der Waals surface area contributed by atoms with Gasteiger partial charge in [0.25, 0.3) is 0 Å². The largest absolute Gasteiger partial charge is 0.369 e. The Morgan fingerprint density at radius 3 is 2.50 bits per heavy atom. The lowest BCUT2D eigenvalue weighted by molar-refractivity contribution is -0.426. The van der Waals surface area contributed by atoms with Crippen LogP contribution in [0, 0.1) is 0 Å². The fourth-order valence-corrected chi connectivity index (χ4v) is 2.20. The second-order valence-corrected chi connectivity index (χ2v) is 4.80. The molecule has 6 heteroatoms. The number of H-pyrrole nitrogens is 1. The van der Waals surface area contributed by atoms with E-state index in [-0.39, 0.29) is 5.96 Å². The van der Waals surface area contributed by atoms with Crippen LogP contribution in [0.15, 0.2) is 70.3 Å². The Kier molecular flexibility index (Phi) is 5.02. The number of rotatable bonds is 5. The van der Waals surface area contributed by atoms with E-state index >= 15 is 0 Å². The minimum Gasteiger partial charge on any atom is -0.369 e. The Morgan fingerprint density at radius 2 is 1.85 bits per heavy atom. The Morgan fingerprint density at radius 1 is 1.10 bits per heavy atom. The number of benzene rings is 1. The van der Waals surface area contributed by atoms with Gasteiger partial charge in [-0.15, -0.1) is 5.10 Å². The smallest absolute Gasteiger partial charge is 0.242 e. The first-order chi connectivity index (χ1) is 9.75. The molecule has 1 aromatic heterocycles. The molecule has 20 heavy (non-hydrogen) atoms. The normalized spacial score (nSPS) is 10.9. The lowest BCUT2D eigenvalue weighted by Gasteiger charge is -2.06. The van der Waals surface area contributed by atoms with E-state index in [0.717, 1.165) is 16.3 Å². The maximum absolute atomic E-state index is 5.35. The highest BCUT2D eigenvalue weighted by Gasteiger charge is 2.03. The van der Waals surface area contributed by atoms with Gasteiger partial charge in [0.2, 0.25) is 11.0 Å². The van der Waals surface area contributed by atoms with Crippen LogP contribution in [0.5, 0.6) is 0 Å². The van der Waals surface area contributed by atoms with Gasteiger partial charge >= 0.3 is 0 Å². The Labute approximate surface area is 121 Å². The molecule has 1 aromatic carbocycles. The third kappa shape index (κ3) is 4.33. The molecule has 0 saturated heterocycles. The third-order valence-corrected chi connectivity index (χ3v) is 3.24. The first-order valence-corrected chi connectivity index (χ1v) is 6.87. The Balaban J connectivity index is 2.20. The quantitative estimate of drug-likeness (QED) is 0.335. The molecule has 0 atom stereocenters. The van der Waals surface area contributed by atoms with Crippen LogP contribution in [0.4, 0.5) is 0 Å². The van der Waals surface area contributed by atoms with Gasteiger partial charge in [-0.1, -0.05) is 30.3 Å². The number of hydrazone groups is 1. The van der Waals surface area contributed by atoms with Gasteiger partial charge in [-0.2, -0.15) is 0 Å². The first kappa shape index (κ1) is 14.0. The molecule has 0 fully saturated rings. The molecule has 0 aliphatic heterocycles. The fraction of sp³-hybridized carbons (Fsp3) is 0. The standard InChI is InChI=1S/C14H15N5S/c15-14(16)19-18-12(11-6-2-1-3-7-11)10-20-13-8-4-5-9-17-13/h1-10,18H,(H4,15,16,19)/p+1. The van der Waals surface area contributed by atoms with Crippen molar-refractivity contribution in [2.75, 3.05) is 0 Å². The summed E-state index contributed by atoms with van der Waals surface area (Å²) in [5, 5.41) is 6.82. The van der Waals surface area contributed by atoms with Crippen molar-refractivity contribution in [2.24, 2.45) is 16.6 Å². The van der Waals surface area contributed by atoms with Gasteiger partial charge in [0, 0.05) is 23.1 Å².